The number of carbonyl (C=O) groups is 1. The molecule has 1 aliphatic rings. The van der Waals surface area contributed by atoms with Crippen molar-refractivity contribution in [2.45, 2.75) is 25.4 Å². The first-order chi connectivity index (χ1) is 14.0. The number of carbonyl (C=O) groups excluding carboxylic acids is 1. The smallest absolute Gasteiger partial charge is 0.251 e. The van der Waals surface area contributed by atoms with Gasteiger partial charge < -0.3 is 14.8 Å². The van der Waals surface area contributed by atoms with Gasteiger partial charge in [0.1, 0.15) is 12.4 Å². The second kappa shape index (κ2) is 10.3. The molecule has 1 amide bonds. The van der Waals surface area contributed by atoms with Crippen LogP contribution >= 0.6 is 0 Å². The first kappa shape index (κ1) is 21.2. The summed E-state index contributed by atoms with van der Waals surface area (Å²) in [5, 5.41) is 2.70. The third-order valence-corrected chi connectivity index (χ3v) is 5.06. The van der Waals surface area contributed by atoms with Crippen LogP contribution in [0.5, 0.6) is 5.75 Å². The van der Waals surface area contributed by atoms with E-state index in [1.165, 1.54) is 6.07 Å². The fourth-order valence-electron chi connectivity index (χ4n) is 3.28. The maximum atomic E-state index is 13.3. The van der Waals surface area contributed by atoms with Gasteiger partial charge in [-0.3, -0.25) is 9.69 Å². The van der Waals surface area contributed by atoms with Crippen molar-refractivity contribution in [3.8, 4) is 5.75 Å². The highest BCUT2D eigenvalue weighted by molar-refractivity contribution is 5.94. The molecule has 0 radical (unpaired) electrons. The molecule has 1 N–H and O–H groups in total. The largest absolute Gasteiger partial charge is 0.492 e. The molecule has 5 nitrogen and oxygen atoms in total. The minimum absolute atomic E-state index is 0.0763. The maximum absolute atomic E-state index is 13.3. The standard InChI is InChI=1S/C22H26F2N2O3/c1-26(18-7-10-28-11-8-18)9-12-29-19-4-2-3-16(13-19)15-25-22(27)17-5-6-20(23)21(24)14-17/h2-6,13-14,18H,7-12,15H2,1H3,(H,25,27). The second-order valence-electron chi connectivity index (χ2n) is 7.13. The minimum Gasteiger partial charge on any atom is -0.492 e. The van der Waals surface area contributed by atoms with E-state index in [0.717, 1.165) is 56.0 Å². The number of nitrogens with one attached hydrogen (secondary N) is 1. The van der Waals surface area contributed by atoms with Crippen LogP contribution in [0.15, 0.2) is 42.5 Å². The zero-order valence-corrected chi connectivity index (χ0v) is 16.5. The van der Waals surface area contributed by atoms with E-state index in [1.807, 2.05) is 24.3 Å². The van der Waals surface area contributed by atoms with E-state index in [9.17, 15) is 13.6 Å². The van der Waals surface area contributed by atoms with Gasteiger partial charge in [-0.05, 0) is 55.8 Å². The zero-order chi connectivity index (χ0) is 20.6. The Kier molecular flexibility index (Phi) is 7.55. The fourth-order valence-corrected chi connectivity index (χ4v) is 3.28. The monoisotopic (exact) mass is 404 g/mol. The topological polar surface area (TPSA) is 50.8 Å². The van der Waals surface area contributed by atoms with Crippen LogP contribution in [0, 0.1) is 11.6 Å². The van der Waals surface area contributed by atoms with Crippen LogP contribution in [-0.4, -0.2) is 50.3 Å². The Balaban J connectivity index is 1.46. The summed E-state index contributed by atoms with van der Waals surface area (Å²) in [6, 6.07) is 11.1. The van der Waals surface area contributed by atoms with Gasteiger partial charge in [0.2, 0.25) is 0 Å². The van der Waals surface area contributed by atoms with Crippen molar-refractivity contribution in [2.75, 3.05) is 33.4 Å². The first-order valence-electron chi connectivity index (χ1n) is 9.76. The summed E-state index contributed by atoms with van der Waals surface area (Å²) in [6.07, 6.45) is 2.09. The lowest BCUT2D eigenvalue weighted by Crippen LogP contribution is -2.38. The van der Waals surface area contributed by atoms with Gasteiger partial charge in [0.25, 0.3) is 5.91 Å². The number of amides is 1. The lowest BCUT2D eigenvalue weighted by atomic mass is 10.1. The van der Waals surface area contributed by atoms with Gasteiger partial charge in [-0.1, -0.05) is 12.1 Å². The predicted octanol–water partition coefficient (Wildman–Crippen LogP) is 3.38. The van der Waals surface area contributed by atoms with E-state index in [0.29, 0.717) is 12.6 Å². The summed E-state index contributed by atoms with van der Waals surface area (Å²) >= 11 is 0. The van der Waals surface area contributed by atoms with E-state index in [4.69, 9.17) is 9.47 Å². The van der Waals surface area contributed by atoms with E-state index < -0.39 is 17.5 Å². The van der Waals surface area contributed by atoms with Crippen LogP contribution in [0.2, 0.25) is 0 Å². The Morgan fingerprint density at radius 2 is 1.97 bits per heavy atom. The van der Waals surface area contributed by atoms with Crippen molar-refractivity contribution in [1.29, 1.82) is 0 Å². The number of ether oxygens (including phenoxy) is 2. The molecule has 1 saturated heterocycles. The molecule has 0 atom stereocenters. The van der Waals surface area contributed by atoms with Gasteiger partial charge in [-0.2, -0.15) is 0 Å². The molecule has 0 bridgehead atoms. The summed E-state index contributed by atoms with van der Waals surface area (Å²) in [4.78, 5) is 14.4. The summed E-state index contributed by atoms with van der Waals surface area (Å²) in [5.74, 6) is -1.76. The summed E-state index contributed by atoms with van der Waals surface area (Å²) in [7, 11) is 2.10. The third-order valence-electron chi connectivity index (χ3n) is 5.06. The van der Waals surface area contributed by atoms with E-state index >= 15 is 0 Å². The molecule has 0 spiro atoms. The van der Waals surface area contributed by atoms with Crippen molar-refractivity contribution in [2.24, 2.45) is 0 Å². The highest BCUT2D eigenvalue weighted by atomic mass is 19.2. The van der Waals surface area contributed by atoms with E-state index in [1.54, 1.807) is 0 Å². The molecule has 1 fully saturated rings. The third kappa shape index (κ3) is 6.24. The molecular weight excluding hydrogens is 378 g/mol. The Morgan fingerprint density at radius 3 is 2.72 bits per heavy atom. The zero-order valence-electron chi connectivity index (χ0n) is 16.5. The minimum atomic E-state index is -1.04. The van der Waals surface area contributed by atoms with Crippen LogP contribution in [0.1, 0.15) is 28.8 Å². The molecule has 156 valence electrons. The molecule has 29 heavy (non-hydrogen) atoms. The fraction of sp³-hybridized carbons (Fsp3) is 0.409. The van der Waals surface area contributed by atoms with Crippen LogP contribution in [0.25, 0.3) is 0 Å². The highest BCUT2D eigenvalue weighted by Crippen LogP contribution is 2.15. The van der Waals surface area contributed by atoms with Crippen LogP contribution in [0.3, 0.4) is 0 Å². The molecule has 2 aromatic rings. The van der Waals surface area contributed by atoms with Gasteiger partial charge in [-0.15, -0.1) is 0 Å². The molecule has 3 rings (SSSR count). The molecule has 0 aliphatic carbocycles. The van der Waals surface area contributed by atoms with Gasteiger partial charge in [0.15, 0.2) is 11.6 Å². The number of halogens is 2. The lowest BCUT2D eigenvalue weighted by molar-refractivity contribution is 0.0392. The van der Waals surface area contributed by atoms with Crippen molar-refractivity contribution in [1.82, 2.24) is 10.2 Å². The Morgan fingerprint density at radius 1 is 1.17 bits per heavy atom. The molecule has 2 aromatic carbocycles. The molecule has 0 unspecified atom stereocenters. The van der Waals surface area contributed by atoms with Crippen LogP contribution in [0.4, 0.5) is 8.78 Å². The number of likely N-dealkylation sites (N-methyl/N-ethyl adjacent to an activating group) is 1. The maximum Gasteiger partial charge on any atom is 0.251 e. The predicted molar refractivity (Wildman–Crippen MR) is 106 cm³/mol. The van der Waals surface area contributed by atoms with Crippen LogP contribution in [-0.2, 0) is 11.3 Å². The highest BCUT2D eigenvalue weighted by Gasteiger charge is 2.18. The second-order valence-corrected chi connectivity index (χ2v) is 7.13. The van der Waals surface area contributed by atoms with Crippen molar-refractivity contribution in [3.63, 3.8) is 0 Å². The van der Waals surface area contributed by atoms with Crippen molar-refractivity contribution in [3.05, 3.63) is 65.2 Å². The van der Waals surface area contributed by atoms with Gasteiger partial charge in [0, 0.05) is 37.9 Å². The molecule has 1 aliphatic heterocycles. The van der Waals surface area contributed by atoms with E-state index in [-0.39, 0.29) is 12.1 Å². The molecule has 0 aromatic heterocycles. The molecule has 7 heteroatoms. The van der Waals surface area contributed by atoms with Gasteiger partial charge in [-0.25, -0.2) is 8.78 Å². The molecular formula is C22H26F2N2O3. The number of nitrogens with zero attached hydrogens (tertiary/aromatic N) is 1. The lowest BCUT2D eigenvalue weighted by Gasteiger charge is -2.31. The molecule has 1 heterocycles. The van der Waals surface area contributed by atoms with Crippen molar-refractivity contribution < 1.29 is 23.0 Å². The normalized spacial score (nSPS) is 14.8. The Hall–Kier alpha value is -2.51. The Bertz CT molecular complexity index is 825. The van der Waals surface area contributed by atoms with E-state index in [2.05, 4.69) is 17.3 Å². The quantitative estimate of drug-likeness (QED) is 0.733. The average Bonchev–Trinajstić information content (AvgIpc) is 2.75. The number of hydrogen-bond donors (Lipinski definition) is 1. The number of hydrogen-bond acceptors (Lipinski definition) is 4. The number of rotatable bonds is 8. The van der Waals surface area contributed by atoms with Crippen LogP contribution < -0.4 is 10.1 Å². The molecule has 0 saturated carbocycles. The summed E-state index contributed by atoms with van der Waals surface area (Å²) in [6.45, 7) is 3.28. The number of benzene rings is 2. The van der Waals surface area contributed by atoms with Gasteiger partial charge >= 0.3 is 0 Å². The summed E-state index contributed by atoms with van der Waals surface area (Å²) < 4.78 is 37.5. The average molecular weight is 404 g/mol. The van der Waals surface area contributed by atoms with Crippen molar-refractivity contribution >= 4 is 5.91 Å². The summed E-state index contributed by atoms with van der Waals surface area (Å²) in [5.41, 5.74) is 0.934. The van der Waals surface area contributed by atoms with Gasteiger partial charge in [0.05, 0.1) is 0 Å². The SMILES string of the molecule is CN(CCOc1cccc(CNC(=O)c2ccc(F)c(F)c2)c1)C1CCOCC1. The Labute approximate surface area is 169 Å². The first-order valence-corrected chi connectivity index (χ1v) is 9.76.